The van der Waals surface area contributed by atoms with Gasteiger partial charge in [0, 0.05) is 13.1 Å². The zero-order valence-corrected chi connectivity index (χ0v) is 12.7. The fourth-order valence-corrected chi connectivity index (χ4v) is 2.56. The fourth-order valence-electron chi connectivity index (χ4n) is 2.56. The molecule has 1 aliphatic rings. The van der Waals surface area contributed by atoms with Crippen LogP contribution in [0.5, 0.6) is 0 Å². The van der Waals surface area contributed by atoms with Gasteiger partial charge in [0.15, 0.2) is 0 Å². The lowest BCUT2D eigenvalue weighted by molar-refractivity contribution is -0.00654. The second kappa shape index (κ2) is 8.20. The normalized spacial score (nSPS) is 20.7. The zero-order chi connectivity index (χ0) is 14.3. The third-order valence-electron chi connectivity index (χ3n) is 3.43. The van der Waals surface area contributed by atoms with E-state index < -0.39 is 6.10 Å². The largest absolute Gasteiger partial charge is 0.392 e. The molecule has 0 amide bonds. The van der Waals surface area contributed by atoms with Crippen LogP contribution in [0.15, 0.2) is 0 Å². The van der Waals surface area contributed by atoms with Crippen LogP contribution >= 0.6 is 0 Å². The van der Waals surface area contributed by atoms with Crippen LogP contribution < -0.4 is 5.32 Å². The molecule has 0 bridgehead atoms. The number of ether oxygens (including phenoxy) is 1. The molecule has 19 heavy (non-hydrogen) atoms. The lowest BCUT2D eigenvalue weighted by Crippen LogP contribution is -2.37. The van der Waals surface area contributed by atoms with Gasteiger partial charge in [0.2, 0.25) is 0 Å². The summed E-state index contributed by atoms with van der Waals surface area (Å²) in [5.41, 5.74) is 0.130. The minimum absolute atomic E-state index is 0.130. The van der Waals surface area contributed by atoms with Crippen molar-refractivity contribution in [3.05, 3.63) is 0 Å². The first-order valence-electron chi connectivity index (χ1n) is 7.55. The second-order valence-electron chi connectivity index (χ2n) is 6.97. The Morgan fingerprint density at radius 1 is 1.11 bits per heavy atom. The van der Waals surface area contributed by atoms with Gasteiger partial charge in [0.25, 0.3) is 0 Å². The van der Waals surface area contributed by atoms with Crippen molar-refractivity contribution in [3.8, 4) is 0 Å². The van der Waals surface area contributed by atoms with Crippen molar-refractivity contribution in [2.24, 2.45) is 5.41 Å². The Morgan fingerprint density at radius 3 is 2.26 bits per heavy atom. The van der Waals surface area contributed by atoms with Crippen LogP contribution in [-0.4, -0.2) is 48.2 Å². The molecule has 0 aromatic carbocycles. The van der Waals surface area contributed by atoms with Crippen molar-refractivity contribution >= 4 is 0 Å². The summed E-state index contributed by atoms with van der Waals surface area (Å²) in [5.74, 6) is 0. The van der Waals surface area contributed by atoms with Gasteiger partial charge in [-0.3, -0.25) is 0 Å². The van der Waals surface area contributed by atoms with Crippen molar-refractivity contribution in [1.82, 2.24) is 5.32 Å². The van der Waals surface area contributed by atoms with E-state index >= 15 is 0 Å². The van der Waals surface area contributed by atoms with Gasteiger partial charge in [-0.1, -0.05) is 33.6 Å². The van der Waals surface area contributed by atoms with Gasteiger partial charge in [0.1, 0.15) is 0 Å². The topological polar surface area (TPSA) is 61.7 Å². The van der Waals surface area contributed by atoms with E-state index in [4.69, 9.17) is 4.74 Å². The Balaban J connectivity index is 2.01. The molecule has 1 saturated carbocycles. The van der Waals surface area contributed by atoms with Crippen LogP contribution in [0, 0.1) is 5.41 Å². The third-order valence-corrected chi connectivity index (χ3v) is 3.43. The maximum atomic E-state index is 9.82. The van der Waals surface area contributed by atoms with Crippen molar-refractivity contribution < 1.29 is 14.9 Å². The van der Waals surface area contributed by atoms with Crippen molar-refractivity contribution in [3.63, 3.8) is 0 Å². The molecule has 4 heteroatoms. The molecule has 114 valence electrons. The first-order valence-corrected chi connectivity index (χ1v) is 7.55. The predicted molar refractivity (Wildman–Crippen MR) is 77.2 cm³/mol. The summed E-state index contributed by atoms with van der Waals surface area (Å²) < 4.78 is 5.65. The molecule has 1 rings (SSSR count). The van der Waals surface area contributed by atoms with E-state index in [1.54, 1.807) is 0 Å². The van der Waals surface area contributed by atoms with E-state index in [2.05, 4.69) is 26.1 Å². The van der Waals surface area contributed by atoms with Gasteiger partial charge < -0.3 is 20.3 Å². The lowest BCUT2D eigenvalue weighted by Gasteiger charge is -2.23. The Kier molecular flexibility index (Phi) is 7.29. The maximum absolute atomic E-state index is 9.82. The molecule has 4 nitrogen and oxygen atoms in total. The quantitative estimate of drug-likeness (QED) is 0.630. The zero-order valence-electron chi connectivity index (χ0n) is 12.7. The van der Waals surface area contributed by atoms with Crippen LogP contribution in [0.25, 0.3) is 0 Å². The molecule has 0 spiro atoms. The van der Waals surface area contributed by atoms with Crippen LogP contribution in [0.3, 0.4) is 0 Å². The first-order chi connectivity index (χ1) is 8.87. The van der Waals surface area contributed by atoms with Gasteiger partial charge >= 0.3 is 0 Å². The summed E-state index contributed by atoms with van der Waals surface area (Å²) in [4.78, 5) is 0. The Bertz CT molecular complexity index is 234. The molecular weight excluding hydrogens is 242 g/mol. The van der Waals surface area contributed by atoms with E-state index in [1.807, 2.05) is 0 Å². The molecule has 1 fully saturated rings. The number of rotatable bonds is 8. The summed E-state index contributed by atoms with van der Waals surface area (Å²) in [5, 5.41) is 22.7. The van der Waals surface area contributed by atoms with Gasteiger partial charge in [-0.25, -0.2) is 0 Å². The van der Waals surface area contributed by atoms with Crippen LogP contribution in [0.2, 0.25) is 0 Å². The Labute approximate surface area is 117 Å². The van der Waals surface area contributed by atoms with Gasteiger partial charge in [-0.2, -0.15) is 0 Å². The van der Waals surface area contributed by atoms with Crippen molar-refractivity contribution in [1.29, 1.82) is 0 Å². The molecule has 0 saturated heterocycles. The third kappa shape index (κ3) is 8.58. The maximum Gasteiger partial charge on any atom is 0.0897 e. The van der Waals surface area contributed by atoms with Gasteiger partial charge in [-0.05, 0) is 24.7 Å². The summed E-state index contributed by atoms with van der Waals surface area (Å²) in [7, 11) is 0. The molecule has 0 aromatic rings. The molecular formula is C15H31NO3. The Hall–Kier alpha value is -0.160. The molecule has 0 aliphatic heterocycles. The van der Waals surface area contributed by atoms with Crippen molar-refractivity contribution in [2.45, 2.75) is 71.2 Å². The molecule has 0 aromatic heterocycles. The minimum Gasteiger partial charge on any atom is -0.392 e. The van der Waals surface area contributed by atoms with E-state index in [1.165, 1.54) is 12.8 Å². The van der Waals surface area contributed by atoms with Crippen LogP contribution in [-0.2, 0) is 4.74 Å². The molecule has 0 heterocycles. The highest BCUT2D eigenvalue weighted by molar-refractivity contribution is 4.71. The van der Waals surface area contributed by atoms with Crippen LogP contribution in [0.1, 0.15) is 52.9 Å². The summed E-state index contributed by atoms with van der Waals surface area (Å²) in [6.45, 7) is 7.74. The van der Waals surface area contributed by atoms with Gasteiger partial charge in [0.05, 0.1) is 24.9 Å². The number of aliphatic hydroxyl groups excluding tert-OH is 2. The minimum atomic E-state index is -0.484. The molecule has 0 radical (unpaired) electrons. The number of hydrogen-bond acceptors (Lipinski definition) is 4. The number of hydrogen-bond donors (Lipinski definition) is 3. The Morgan fingerprint density at radius 2 is 1.68 bits per heavy atom. The predicted octanol–water partition coefficient (Wildman–Crippen LogP) is 1.69. The summed E-state index contributed by atoms with van der Waals surface area (Å²) in [6.07, 6.45) is 5.02. The number of aliphatic hydroxyl groups is 2. The molecule has 2 atom stereocenters. The lowest BCUT2D eigenvalue weighted by atomic mass is 9.89. The standard InChI is InChI=1S/C15H31NO3/c1-15(2,3)8-12(17)9-16-10-13(18)11-19-14-6-4-5-7-14/h12-14,16-18H,4-11H2,1-3H3. The molecule has 2 unspecified atom stereocenters. The van der Waals surface area contributed by atoms with E-state index in [0.717, 1.165) is 19.3 Å². The highest BCUT2D eigenvalue weighted by Gasteiger charge is 2.18. The average molecular weight is 273 g/mol. The van der Waals surface area contributed by atoms with Crippen LogP contribution in [0.4, 0.5) is 0 Å². The highest BCUT2D eigenvalue weighted by atomic mass is 16.5. The highest BCUT2D eigenvalue weighted by Crippen LogP contribution is 2.21. The average Bonchev–Trinajstić information content (AvgIpc) is 2.76. The van der Waals surface area contributed by atoms with Crippen molar-refractivity contribution in [2.75, 3.05) is 19.7 Å². The SMILES string of the molecule is CC(C)(C)CC(O)CNCC(O)COC1CCCC1. The first kappa shape index (κ1) is 16.9. The molecule has 1 aliphatic carbocycles. The number of nitrogens with one attached hydrogen (secondary N) is 1. The monoisotopic (exact) mass is 273 g/mol. The summed E-state index contributed by atoms with van der Waals surface area (Å²) in [6, 6.07) is 0. The van der Waals surface area contributed by atoms with Gasteiger partial charge in [-0.15, -0.1) is 0 Å². The van der Waals surface area contributed by atoms with E-state index in [0.29, 0.717) is 25.8 Å². The summed E-state index contributed by atoms with van der Waals surface area (Å²) >= 11 is 0. The smallest absolute Gasteiger partial charge is 0.0897 e. The fraction of sp³-hybridized carbons (Fsp3) is 1.00. The van der Waals surface area contributed by atoms with E-state index in [-0.39, 0.29) is 11.5 Å². The second-order valence-corrected chi connectivity index (χ2v) is 6.97. The van der Waals surface area contributed by atoms with E-state index in [9.17, 15) is 10.2 Å². The molecule has 3 N–H and O–H groups in total.